The van der Waals surface area contributed by atoms with Crippen molar-refractivity contribution in [3.8, 4) is 0 Å². The molecule has 166 valence electrons. The molecule has 0 unspecified atom stereocenters. The number of likely N-dealkylation sites (tertiary alicyclic amines) is 1. The molecule has 1 heterocycles. The van der Waals surface area contributed by atoms with Gasteiger partial charge < -0.3 is 19.7 Å². The van der Waals surface area contributed by atoms with Gasteiger partial charge in [0.05, 0.1) is 6.04 Å². The van der Waals surface area contributed by atoms with E-state index in [0.717, 1.165) is 24.0 Å². The molecule has 31 heavy (non-hydrogen) atoms. The fourth-order valence-electron chi connectivity index (χ4n) is 3.81. The van der Waals surface area contributed by atoms with Gasteiger partial charge in [0.15, 0.2) is 0 Å². The molecule has 6 heteroatoms. The summed E-state index contributed by atoms with van der Waals surface area (Å²) >= 11 is 0. The lowest BCUT2D eigenvalue weighted by molar-refractivity contribution is 0.0491. The summed E-state index contributed by atoms with van der Waals surface area (Å²) < 4.78 is 11.0. The van der Waals surface area contributed by atoms with E-state index in [2.05, 4.69) is 5.32 Å². The standard InChI is InChI=1S/C25H32N2O4/c1-25(2,3)31-23(28)26-22(20-13-8-5-9-14-20)17-21-15-10-16-27(21)24(29)30-18-19-11-6-4-7-12-19/h4-9,11-14,21-22H,10,15-18H2,1-3H3,(H,26,28)/t21-,22+/m1/s1. The fourth-order valence-corrected chi connectivity index (χ4v) is 3.81. The third kappa shape index (κ3) is 7.02. The molecule has 0 spiro atoms. The molecule has 2 amide bonds. The van der Waals surface area contributed by atoms with Crippen LogP contribution in [0.3, 0.4) is 0 Å². The van der Waals surface area contributed by atoms with Gasteiger partial charge in [-0.3, -0.25) is 0 Å². The Balaban J connectivity index is 1.66. The quantitative estimate of drug-likeness (QED) is 0.670. The number of hydrogen-bond donors (Lipinski definition) is 1. The van der Waals surface area contributed by atoms with Gasteiger partial charge >= 0.3 is 12.2 Å². The van der Waals surface area contributed by atoms with Crippen molar-refractivity contribution in [1.82, 2.24) is 10.2 Å². The first-order chi connectivity index (χ1) is 14.8. The molecule has 1 aliphatic heterocycles. The highest BCUT2D eigenvalue weighted by Gasteiger charge is 2.33. The van der Waals surface area contributed by atoms with Gasteiger partial charge in [-0.15, -0.1) is 0 Å². The Kier molecular flexibility index (Phi) is 7.55. The lowest BCUT2D eigenvalue weighted by Crippen LogP contribution is -2.40. The Morgan fingerprint density at radius 3 is 2.35 bits per heavy atom. The van der Waals surface area contributed by atoms with Crippen LogP contribution in [-0.2, 0) is 16.1 Å². The summed E-state index contributed by atoms with van der Waals surface area (Å²) in [6.45, 7) is 6.43. The van der Waals surface area contributed by atoms with Crippen LogP contribution in [0.5, 0.6) is 0 Å². The monoisotopic (exact) mass is 424 g/mol. The van der Waals surface area contributed by atoms with Crippen LogP contribution in [0.2, 0.25) is 0 Å². The maximum absolute atomic E-state index is 12.7. The van der Waals surface area contributed by atoms with E-state index in [-0.39, 0.29) is 24.8 Å². The van der Waals surface area contributed by atoms with Gasteiger partial charge in [0.1, 0.15) is 12.2 Å². The normalized spacial score (nSPS) is 17.1. The maximum Gasteiger partial charge on any atom is 0.410 e. The number of nitrogens with zero attached hydrogens (tertiary/aromatic N) is 1. The summed E-state index contributed by atoms with van der Waals surface area (Å²) in [6.07, 6.45) is 1.62. The molecule has 0 aliphatic carbocycles. The van der Waals surface area contributed by atoms with Gasteiger partial charge in [0.2, 0.25) is 0 Å². The highest BCUT2D eigenvalue weighted by Crippen LogP contribution is 2.28. The number of benzene rings is 2. The van der Waals surface area contributed by atoms with Crippen molar-refractivity contribution in [3.63, 3.8) is 0 Å². The molecule has 2 aromatic carbocycles. The Bertz CT molecular complexity index is 849. The Morgan fingerprint density at radius 1 is 1.06 bits per heavy atom. The van der Waals surface area contributed by atoms with Gasteiger partial charge in [-0.25, -0.2) is 9.59 Å². The number of rotatable bonds is 6. The van der Waals surface area contributed by atoms with Crippen LogP contribution in [0.15, 0.2) is 60.7 Å². The van der Waals surface area contributed by atoms with Crippen LogP contribution >= 0.6 is 0 Å². The number of carbonyl (C=O) groups excluding carboxylic acids is 2. The van der Waals surface area contributed by atoms with Crippen LogP contribution < -0.4 is 5.32 Å². The molecule has 1 aliphatic rings. The van der Waals surface area contributed by atoms with E-state index < -0.39 is 11.7 Å². The minimum Gasteiger partial charge on any atom is -0.445 e. The first kappa shape index (κ1) is 22.7. The molecule has 2 aromatic rings. The number of alkyl carbamates (subject to hydrolysis) is 1. The Labute approximate surface area is 184 Å². The largest absolute Gasteiger partial charge is 0.445 e. The highest BCUT2D eigenvalue weighted by atomic mass is 16.6. The molecular weight excluding hydrogens is 392 g/mol. The van der Waals surface area contributed by atoms with Crippen molar-refractivity contribution in [3.05, 3.63) is 71.8 Å². The Morgan fingerprint density at radius 2 is 1.71 bits per heavy atom. The van der Waals surface area contributed by atoms with Crippen molar-refractivity contribution < 1.29 is 19.1 Å². The number of hydrogen-bond acceptors (Lipinski definition) is 4. The van der Waals surface area contributed by atoms with E-state index in [1.807, 2.05) is 81.4 Å². The molecule has 0 radical (unpaired) electrons. The number of ether oxygens (including phenoxy) is 2. The summed E-state index contributed by atoms with van der Waals surface area (Å²) in [7, 11) is 0. The summed E-state index contributed by atoms with van der Waals surface area (Å²) in [5, 5.41) is 2.99. The summed E-state index contributed by atoms with van der Waals surface area (Å²) in [4.78, 5) is 27.0. The van der Waals surface area contributed by atoms with Crippen molar-refractivity contribution in [2.45, 2.75) is 64.3 Å². The maximum atomic E-state index is 12.7. The zero-order valence-corrected chi connectivity index (χ0v) is 18.5. The van der Waals surface area contributed by atoms with Crippen LogP contribution in [0.25, 0.3) is 0 Å². The SMILES string of the molecule is CC(C)(C)OC(=O)N[C@@H](C[C@H]1CCCN1C(=O)OCc1ccccc1)c1ccccc1. The summed E-state index contributed by atoms with van der Waals surface area (Å²) in [5.41, 5.74) is 1.37. The molecule has 1 fully saturated rings. The van der Waals surface area contributed by atoms with Crippen LogP contribution in [0.1, 0.15) is 57.2 Å². The minimum atomic E-state index is -0.577. The lowest BCUT2D eigenvalue weighted by atomic mass is 9.98. The molecule has 0 aromatic heterocycles. The van der Waals surface area contributed by atoms with Gasteiger partial charge in [0.25, 0.3) is 0 Å². The molecule has 2 atom stereocenters. The van der Waals surface area contributed by atoms with Gasteiger partial charge in [-0.05, 0) is 51.2 Å². The summed E-state index contributed by atoms with van der Waals surface area (Å²) in [5.74, 6) is 0. The van der Waals surface area contributed by atoms with Gasteiger partial charge in [-0.1, -0.05) is 60.7 Å². The zero-order valence-electron chi connectivity index (χ0n) is 18.5. The number of amides is 2. The van der Waals surface area contributed by atoms with Crippen molar-refractivity contribution in [2.75, 3.05) is 6.54 Å². The average molecular weight is 425 g/mol. The van der Waals surface area contributed by atoms with Crippen molar-refractivity contribution >= 4 is 12.2 Å². The molecule has 3 rings (SSSR count). The second kappa shape index (κ2) is 10.3. The van der Waals surface area contributed by atoms with E-state index in [4.69, 9.17) is 9.47 Å². The van der Waals surface area contributed by atoms with Crippen molar-refractivity contribution in [1.29, 1.82) is 0 Å². The Hall–Kier alpha value is -3.02. The van der Waals surface area contributed by atoms with Gasteiger partial charge in [0, 0.05) is 12.6 Å². The van der Waals surface area contributed by atoms with Crippen molar-refractivity contribution in [2.24, 2.45) is 0 Å². The number of nitrogens with one attached hydrogen (secondary N) is 1. The van der Waals surface area contributed by atoms with E-state index in [1.165, 1.54) is 0 Å². The third-order valence-electron chi connectivity index (χ3n) is 5.22. The molecule has 0 saturated carbocycles. The van der Waals surface area contributed by atoms with Crippen LogP contribution in [-0.4, -0.2) is 35.3 Å². The zero-order chi connectivity index (χ0) is 22.3. The first-order valence-electron chi connectivity index (χ1n) is 10.8. The first-order valence-corrected chi connectivity index (χ1v) is 10.8. The van der Waals surface area contributed by atoms with Crippen LogP contribution in [0, 0.1) is 0 Å². The third-order valence-corrected chi connectivity index (χ3v) is 5.22. The molecule has 1 N–H and O–H groups in total. The lowest BCUT2D eigenvalue weighted by Gasteiger charge is -2.29. The molecule has 6 nitrogen and oxygen atoms in total. The second-order valence-electron chi connectivity index (χ2n) is 8.87. The fraction of sp³-hybridized carbons (Fsp3) is 0.440. The number of carbonyl (C=O) groups is 2. The van der Waals surface area contributed by atoms with E-state index in [0.29, 0.717) is 13.0 Å². The minimum absolute atomic E-state index is 0.0107. The average Bonchev–Trinajstić information content (AvgIpc) is 3.20. The van der Waals surface area contributed by atoms with Gasteiger partial charge in [-0.2, -0.15) is 0 Å². The topological polar surface area (TPSA) is 67.9 Å². The molecular formula is C25H32N2O4. The molecule has 1 saturated heterocycles. The smallest absolute Gasteiger partial charge is 0.410 e. The van der Waals surface area contributed by atoms with Crippen LogP contribution in [0.4, 0.5) is 9.59 Å². The second-order valence-corrected chi connectivity index (χ2v) is 8.87. The molecule has 0 bridgehead atoms. The summed E-state index contributed by atoms with van der Waals surface area (Å²) in [6, 6.07) is 19.2. The van der Waals surface area contributed by atoms with E-state index >= 15 is 0 Å². The van der Waals surface area contributed by atoms with E-state index in [1.54, 1.807) is 4.90 Å². The predicted molar refractivity (Wildman–Crippen MR) is 120 cm³/mol. The highest BCUT2D eigenvalue weighted by molar-refractivity contribution is 5.69. The van der Waals surface area contributed by atoms with E-state index in [9.17, 15) is 9.59 Å². The predicted octanol–water partition coefficient (Wildman–Crippen LogP) is 5.44.